The molecule has 2 aliphatic rings. The van der Waals surface area contributed by atoms with Crippen molar-refractivity contribution in [2.24, 2.45) is 5.92 Å². The molecule has 3 rings (SSSR count). The van der Waals surface area contributed by atoms with Crippen molar-refractivity contribution in [3.8, 4) is 0 Å². The van der Waals surface area contributed by atoms with Gasteiger partial charge in [-0.2, -0.15) is 0 Å². The van der Waals surface area contributed by atoms with Gasteiger partial charge in [-0.1, -0.05) is 6.92 Å². The third kappa shape index (κ3) is 4.99. The van der Waals surface area contributed by atoms with Crippen LogP contribution in [0.1, 0.15) is 55.8 Å². The number of carbonyl (C=O) groups excluding carboxylic acids is 2. The lowest BCUT2D eigenvalue weighted by atomic mass is 9.87. The average molecular weight is 389 g/mol. The molecule has 1 heterocycles. The fraction of sp³-hybridized carbons (Fsp3) is 0.600. The third-order valence-corrected chi connectivity index (χ3v) is 5.57. The molecule has 1 aliphatic carbocycles. The molecule has 28 heavy (non-hydrogen) atoms. The number of benzene rings is 1. The fourth-order valence-electron chi connectivity index (χ4n) is 3.92. The van der Waals surface area contributed by atoms with E-state index in [9.17, 15) is 19.7 Å². The molecule has 0 bridgehead atoms. The molecule has 1 aromatic rings. The largest absolute Gasteiger partial charge is 0.452 e. The number of hydrogen-bond acceptors (Lipinski definition) is 6. The Bertz CT molecular complexity index is 737. The average Bonchev–Trinajstić information content (AvgIpc) is 3.22. The minimum atomic E-state index is -0.710. The minimum absolute atomic E-state index is 0.125. The number of nitro groups is 1. The Labute approximate surface area is 164 Å². The zero-order valence-corrected chi connectivity index (χ0v) is 16.2. The van der Waals surface area contributed by atoms with Crippen LogP contribution in [0.4, 0.5) is 11.4 Å². The maximum atomic E-state index is 12.6. The molecule has 1 aliphatic heterocycles. The molecule has 0 aromatic heterocycles. The molecular formula is C20H27N3O5. The van der Waals surface area contributed by atoms with E-state index >= 15 is 0 Å². The predicted octanol–water partition coefficient (Wildman–Crippen LogP) is 3.05. The molecule has 152 valence electrons. The Hall–Kier alpha value is -2.64. The lowest BCUT2D eigenvalue weighted by Crippen LogP contribution is -2.39. The van der Waals surface area contributed by atoms with E-state index in [0.29, 0.717) is 11.6 Å². The molecule has 1 saturated carbocycles. The van der Waals surface area contributed by atoms with Gasteiger partial charge in [-0.25, -0.2) is 4.79 Å². The van der Waals surface area contributed by atoms with Crippen LogP contribution in [-0.4, -0.2) is 42.5 Å². The van der Waals surface area contributed by atoms with Gasteiger partial charge in [0.05, 0.1) is 16.2 Å². The molecule has 8 nitrogen and oxygen atoms in total. The third-order valence-electron chi connectivity index (χ3n) is 5.57. The number of esters is 1. The molecule has 0 atom stereocenters. The summed E-state index contributed by atoms with van der Waals surface area (Å²) in [6.45, 7) is 3.40. The molecule has 1 saturated heterocycles. The molecule has 8 heteroatoms. The fourth-order valence-corrected chi connectivity index (χ4v) is 3.92. The lowest BCUT2D eigenvalue weighted by Gasteiger charge is -2.26. The highest BCUT2D eigenvalue weighted by molar-refractivity contribution is 5.97. The summed E-state index contributed by atoms with van der Waals surface area (Å²) in [5.41, 5.74) is 0.584. The van der Waals surface area contributed by atoms with Crippen molar-refractivity contribution in [1.29, 1.82) is 0 Å². The smallest absolute Gasteiger partial charge is 0.341 e. The maximum Gasteiger partial charge on any atom is 0.341 e. The van der Waals surface area contributed by atoms with E-state index in [4.69, 9.17) is 4.74 Å². The Kier molecular flexibility index (Phi) is 6.49. The van der Waals surface area contributed by atoms with Crippen molar-refractivity contribution in [2.45, 2.75) is 51.5 Å². The Morgan fingerprint density at radius 2 is 1.89 bits per heavy atom. The van der Waals surface area contributed by atoms with E-state index < -0.39 is 10.9 Å². The Morgan fingerprint density at radius 1 is 1.21 bits per heavy atom. The number of hydrogen-bond donors (Lipinski definition) is 1. The van der Waals surface area contributed by atoms with Gasteiger partial charge in [0.2, 0.25) is 0 Å². The quantitative estimate of drug-likeness (QED) is 0.456. The highest BCUT2D eigenvalue weighted by Gasteiger charge is 2.25. The van der Waals surface area contributed by atoms with Gasteiger partial charge in [0.25, 0.3) is 11.6 Å². The van der Waals surface area contributed by atoms with Crippen molar-refractivity contribution >= 4 is 23.3 Å². The van der Waals surface area contributed by atoms with Crippen LogP contribution in [0.25, 0.3) is 0 Å². The number of carbonyl (C=O) groups is 2. The van der Waals surface area contributed by atoms with Gasteiger partial charge in [-0.3, -0.25) is 14.9 Å². The second-order valence-corrected chi connectivity index (χ2v) is 7.75. The van der Waals surface area contributed by atoms with Crippen LogP contribution in [-0.2, 0) is 9.53 Å². The summed E-state index contributed by atoms with van der Waals surface area (Å²) in [5.74, 6) is -0.358. The summed E-state index contributed by atoms with van der Waals surface area (Å²) >= 11 is 0. The van der Waals surface area contributed by atoms with Crippen LogP contribution in [0.2, 0.25) is 0 Å². The lowest BCUT2D eigenvalue weighted by molar-refractivity contribution is -0.384. The van der Waals surface area contributed by atoms with Crippen LogP contribution in [0.3, 0.4) is 0 Å². The van der Waals surface area contributed by atoms with Crippen LogP contribution in [0.15, 0.2) is 18.2 Å². The first-order valence-electron chi connectivity index (χ1n) is 9.94. The summed E-state index contributed by atoms with van der Waals surface area (Å²) in [7, 11) is 0. The van der Waals surface area contributed by atoms with Crippen LogP contribution in [0.5, 0.6) is 0 Å². The van der Waals surface area contributed by atoms with Gasteiger partial charge in [-0.05, 0) is 50.5 Å². The van der Waals surface area contributed by atoms with Crippen LogP contribution in [0, 0.1) is 16.0 Å². The van der Waals surface area contributed by atoms with Gasteiger partial charge in [0.15, 0.2) is 6.61 Å². The highest BCUT2D eigenvalue weighted by Crippen LogP contribution is 2.29. The zero-order valence-electron chi connectivity index (χ0n) is 16.2. The number of nitro benzene ring substituents is 1. The first-order valence-corrected chi connectivity index (χ1v) is 9.94. The van der Waals surface area contributed by atoms with E-state index in [-0.39, 0.29) is 29.8 Å². The van der Waals surface area contributed by atoms with Crippen LogP contribution < -0.4 is 10.2 Å². The number of amides is 1. The zero-order chi connectivity index (χ0) is 20.1. The van der Waals surface area contributed by atoms with Crippen molar-refractivity contribution in [3.63, 3.8) is 0 Å². The van der Waals surface area contributed by atoms with Crippen molar-refractivity contribution in [2.75, 3.05) is 24.6 Å². The highest BCUT2D eigenvalue weighted by atomic mass is 16.6. The molecule has 2 fully saturated rings. The van der Waals surface area contributed by atoms with Gasteiger partial charge in [0.1, 0.15) is 0 Å². The first-order chi connectivity index (χ1) is 13.4. The molecule has 1 amide bonds. The van der Waals surface area contributed by atoms with Gasteiger partial charge in [0, 0.05) is 31.3 Å². The summed E-state index contributed by atoms with van der Waals surface area (Å²) in [4.78, 5) is 37.3. The van der Waals surface area contributed by atoms with Crippen molar-refractivity contribution < 1.29 is 19.2 Å². The number of ether oxygens (including phenoxy) is 1. The van der Waals surface area contributed by atoms with Crippen molar-refractivity contribution in [3.05, 3.63) is 33.9 Å². The van der Waals surface area contributed by atoms with Gasteiger partial charge < -0.3 is 15.0 Å². The van der Waals surface area contributed by atoms with Gasteiger partial charge in [-0.15, -0.1) is 0 Å². The molecule has 0 unspecified atom stereocenters. The molecule has 0 spiro atoms. The van der Waals surface area contributed by atoms with Crippen LogP contribution >= 0.6 is 0 Å². The van der Waals surface area contributed by atoms with E-state index in [0.717, 1.165) is 51.6 Å². The topological polar surface area (TPSA) is 102 Å². The summed E-state index contributed by atoms with van der Waals surface area (Å²) in [5, 5.41) is 14.0. The van der Waals surface area contributed by atoms with E-state index in [1.807, 2.05) is 4.90 Å². The van der Waals surface area contributed by atoms with E-state index in [1.165, 1.54) is 12.1 Å². The molecular weight excluding hydrogens is 362 g/mol. The number of anilines is 1. The molecule has 1 N–H and O–H groups in total. The summed E-state index contributed by atoms with van der Waals surface area (Å²) in [6, 6.07) is 4.33. The summed E-state index contributed by atoms with van der Waals surface area (Å²) < 4.78 is 5.19. The second-order valence-electron chi connectivity index (χ2n) is 7.75. The minimum Gasteiger partial charge on any atom is -0.452 e. The number of nitrogens with one attached hydrogen (secondary N) is 1. The Balaban J connectivity index is 1.63. The molecule has 1 aromatic carbocycles. The SMILES string of the molecule is CC1CCC(NC(=O)COC(=O)c2cc([N+](=O)[O-])ccc2N2CCCC2)CC1. The first kappa shape index (κ1) is 20.1. The van der Waals surface area contributed by atoms with E-state index in [1.54, 1.807) is 6.07 Å². The Morgan fingerprint density at radius 3 is 2.54 bits per heavy atom. The van der Waals surface area contributed by atoms with Crippen molar-refractivity contribution in [1.82, 2.24) is 5.32 Å². The predicted molar refractivity (Wildman–Crippen MR) is 104 cm³/mol. The number of nitrogens with zero attached hydrogens (tertiary/aromatic N) is 2. The second kappa shape index (κ2) is 9.03. The number of non-ortho nitro benzene ring substituents is 1. The number of rotatable bonds is 6. The summed E-state index contributed by atoms with van der Waals surface area (Å²) in [6.07, 6.45) is 6.05. The standard InChI is InChI=1S/C20H27N3O5/c1-14-4-6-15(7-5-14)21-19(24)13-28-20(25)17-12-16(23(26)27)8-9-18(17)22-10-2-3-11-22/h8-9,12,14-15H,2-7,10-11,13H2,1H3,(H,21,24). The normalized spacial score (nSPS) is 22.0. The monoisotopic (exact) mass is 389 g/mol. The molecule has 0 radical (unpaired) electrons. The van der Waals surface area contributed by atoms with E-state index in [2.05, 4.69) is 12.2 Å². The van der Waals surface area contributed by atoms with Gasteiger partial charge >= 0.3 is 5.97 Å². The maximum absolute atomic E-state index is 12.6.